The topological polar surface area (TPSA) is 286 Å². The van der Waals surface area contributed by atoms with Gasteiger partial charge in [0.25, 0.3) is 0 Å². The molecule has 2 aliphatic carbocycles. The first-order valence-electron chi connectivity index (χ1n) is 19.5. The maximum Gasteiger partial charge on any atom is 0.341 e. The second-order valence-electron chi connectivity index (χ2n) is 16.4. The van der Waals surface area contributed by atoms with Crippen molar-refractivity contribution in [2.75, 3.05) is 13.2 Å². The van der Waals surface area contributed by atoms with Crippen LogP contribution in [-0.4, -0.2) is 135 Å². The predicted molar refractivity (Wildman–Crippen MR) is 199 cm³/mol. The SMILES string of the molecule is CC(=O)OC[C@]12[C@H](OC(C)=O)[C@H](OC(C)=O)[C@@H]3C(OC(C)=O)[C@@]14O[C@@]3(C)COC(=O)c1cccnc1CCC(C)(O)C(=O)O[C@@H]([C@H](OC(=O)c1ccoc1)[C@@H]2OC(C)=O)C4(C)O. The highest BCUT2D eigenvalue weighted by atomic mass is 16.7. The molecule has 3 unspecified atom stereocenters. The Hall–Kier alpha value is -5.93. The molecule has 1 spiro atoms. The summed E-state index contributed by atoms with van der Waals surface area (Å²) in [6.45, 7) is 6.25. The molecule has 1 saturated heterocycles. The fourth-order valence-electron chi connectivity index (χ4n) is 9.53. The van der Waals surface area contributed by atoms with Crippen molar-refractivity contribution in [3.05, 3.63) is 53.7 Å². The van der Waals surface area contributed by atoms with E-state index in [4.69, 9.17) is 47.0 Å². The van der Waals surface area contributed by atoms with Crippen molar-refractivity contribution in [2.24, 2.45) is 11.3 Å². The number of fused-ring (bicyclic) bond motifs is 5. The zero-order valence-electron chi connectivity index (χ0n) is 35.0. The van der Waals surface area contributed by atoms with E-state index in [2.05, 4.69) is 4.98 Å². The maximum absolute atomic E-state index is 14.4. The normalized spacial score (nSPS) is 36.3. The summed E-state index contributed by atoms with van der Waals surface area (Å²) < 4.78 is 59.6. The summed E-state index contributed by atoms with van der Waals surface area (Å²) in [5.41, 5.74) is -13.5. The van der Waals surface area contributed by atoms with Gasteiger partial charge in [-0.15, -0.1) is 0 Å². The Morgan fingerprint density at radius 1 is 0.806 bits per heavy atom. The number of nitrogens with zero attached hydrogens (tertiary/aromatic N) is 1. The highest BCUT2D eigenvalue weighted by Crippen LogP contribution is 2.70. The second-order valence-corrected chi connectivity index (χ2v) is 16.4. The van der Waals surface area contributed by atoms with Crippen molar-refractivity contribution in [2.45, 2.75) is 127 Å². The minimum Gasteiger partial charge on any atom is -0.472 e. The molecule has 2 aromatic heterocycles. The molecule has 2 aliphatic heterocycles. The van der Waals surface area contributed by atoms with Crippen LogP contribution in [0.3, 0.4) is 0 Å². The molecule has 0 amide bonds. The molecule has 2 aromatic rings. The van der Waals surface area contributed by atoms with E-state index in [0.717, 1.165) is 61.0 Å². The molecule has 4 bridgehead atoms. The van der Waals surface area contributed by atoms with Crippen LogP contribution in [0.2, 0.25) is 0 Å². The van der Waals surface area contributed by atoms with Gasteiger partial charge in [-0.3, -0.25) is 29.0 Å². The third kappa shape index (κ3) is 7.54. The van der Waals surface area contributed by atoms with Crippen LogP contribution in [-0.2, 0) is 77.8 Å². The van der Waals surface area contributed by atoms with Gasteiger partial charge in [0.05, 0.1) is 29.0 Å². The molecule has 21 nitrogen and oxygen atoms in total. The largest absolute Gasteiger partial charge is 0.472 e. The number of pyridine rings is 1. The van der Waals surface area contributed by atoms with E-state index in [0.29, 0.717) is 0 Å². The first-order chi connectivity index (χ1) is 28.9. The summed E-state index contributed by atoms with van der Waals surface area (Å²) in [5.74, 6) is -10.7. The lowest BCUT2D eigenvalue weighted by Crippen LogP contribution is -2.89. The van der Waals surface area contributed by atoms with Crippen molar-refractivity contribution in [3.8, 4) is 0 Å². The Morgan fingerprint density at radius 2 is 1.42 bits per heavy atom. The van der Waals surface area contributed by atoms with Gasteiger partial charge in [-0.25, -0.2) is 14.4 Å². The fraction of sp³-hybridized carbons (Fsp3) is 0.585. The van der Waals surface area contributed by atoms with Crippen LogP contribution in [0.15, 0.2) is 41.3 Å². The van der Waals surface area contributed by atoms with Crippen molar-refractivity contribution in [1.29, 1.82) is 0 Å². The number of aliphatic hydroxyl groups is 2. The van der Waals surface area contributed by atoms with E-state index in [1.54, 1.807) is 0 Å². The number of hydrogen-bond acceptors (Lipinski definition) is 21. The Kier molecular flexibility index (Phi) is 12.1. The van der Waals surface area contributed by atoms with E-state index in [1.807, 2.05) is 0 Å². The van der Waals surface area contributed by atoms with Gasteiger partial charge in [0, 0.05) is 40.8 Å². The average molecular weight is 874 g/mol. The number of aromatic nitrogens is 1. The molecule has 3 fully saturated rings. The Bertz CT molecular complexity index is 2150. The summed E-state index contributed by atoms with van der Waals surface area (Å²) >= 11 is 0. The van der Waals surface area contributed by atoms with Crippen LogP contribution in [0.1, 0.15) is 88.2 Å². The zero-order valence-corrected chi connectivity index (χ0v) is 35.0. The monoisotopic (exact) mass is 873 g/mol. The molecule has 21 heteroatoms. The summed E-state index contributed by atoms with van der Waals surface area (Å²) in [7, 11) is 0. The van der Waals surface area contributed by atoms with Crippen molar-refractivity contribution in [3.63, 3.8) is 0 Å². The third-order valence-corrected chi connectivity index (χ3v) is 11.9. The van der Waals surface area contributed by atoms with Crippen LogP contribution < -0.4 is 0 Å². The number of esters is 8. The van der Waals surface area contributed by atoms with Crippen molar-refractivity contribution in [1.82, 2.24) is 4.98 Å². The van der Waals surface area contributed by atoms with Gasteiger partial charge < -0.3 is 57.3 Å². The van der Waals surface area contributed by atoms with Crippen LogP contribution in [0.4, 0.5) is 0 Å². The van der Waals surface area contributed by atoms with Gasteiger partial charge in [0.15, 0.2) is 35.6 Å². The van der Waals surface area contributed by atoms with Crippen LogP contribution in [0.25, 0.3) is 0 Å². The number of cyclic esters (lactones) is 1. The highest BCUT2D eigenvalue weighted by molar-refractivity contribution is 5.91. The fourth-order valence-corrected chi connectivity index (χ4v) is 9.53. The minimum atomic E-state index is -3.00. The van der Waals surface area contributed by atoms with Crippen LogP contribution >= 0.6 is 0 Å². The summed E-state index contributed by atoms with van der Waals surface area (Å²) in [6, 6.07) is 3.99. The summed E-state index contributed by atoms with van der Waals surface area (Å²) in [4.78, 5) is 113. The molecular weight excluding hydrogens is 826 g/mol. The standard InChI is InChI=1S/C41H47NO20/c1-19(43)54-18-40-32(58-22(4)46)28(56-20(2)44)27-30(57-21(3)45)41(40)39(8,52)31(29(33(40)59-23(5)47)60-34(48)24-12-15-53-16-24)61-36(50)37(6,51)13-11-26-25(10-9-14-42-26)35(49)55-17-38(27,7)62-41/h9-10,12,14-16,27-33,51-52H,11,13,17-18H2,1-8H3/t27-,28-,29+,30?,31+,32-,33+,37?,38+,39?,40-,41+/m1/s1. The van der Waals surface area contributed by atoms with Gasteiger partial charge in [-0.2, -0.15) is 0 Å². The lowest BCUT2D eigenvalue weighted by molar-refractivity contribution is -0.386. The third-order valence-electron chi connectivity index (χ3n) is 11.9. The molecular formula is C41H47NO20. The quantitative estimate of drug-likeness (QED) is 0.275. The van der Waals surface area contributed by atoms with Crippen molar-refractivity contribution >= 4 is 47.8 Å². The van der Waals surface area contributed by atoms with Crippen molar-refractivity contribution < 1.29 is 95.6 Å². The molecule has 336 valence electrons. The Labute approximate surface area is 353 Å². The lowest BCUT2D eigenvalue weighted by Gasteiger charge is -2.67. The number of carbonyl (C=O) groups is 8. The molecule has 4 heterocycles. The van der Waals surface area contributed by atoms with E-state index in [1.165, 1.54) is 31.3 Å². The second kappa shape index (κ2) is 16.4. The van der Waals surface area contributed by atoms with Gasteiger partial charge in [-0.1, -0.05) is 0 Å². The van der Waals surface area contributed by atoms with Gasteiger partial charge in [-0.05, 0) is 51.8 Å². The van der Waals surface area contributed by atoms with Gasteiger partial charge in [0.1, 0.15) is 48.3 Å². The predicted octanol–water partition coefficient (Wildman–Crippen LogP) is 0.864. The molecule has 4 aliphatic rings. The number of furan rings is 1. The number of hydrogen-bond donors (Lipinski definition) is 2. The molecule has 2 saturated carbocycles. The smallest absolute Gasteiger partial charge is 0.341 e. The zero-order chi connectivity index (χ0) is 45.7. The molecule has 0 aromatic carbocycles. The Morgan fingerprint density at radius 3 is 2.00 bits per heavy atom. The minimum absolute atomic E-state index is 0.0776. The van der Waals surface area contributed by atoms with Gasteiger partial charge in [0.2, 0.25) is 0 Å². The van der Waals surface area contributed by atoms with Crippen LogP contribution in [0, 0.1) is 11.3 Å². The number of rotatable bonds is 8. The summed E-state index contributed by atoms with van der Waals surface area (Å²) in [6.07, 6.45) is -10.1. The number of ether oxygens (including phenoxy) is 9. The Balaban J connectivity index is 1.79. The van der Waals surface area contributed by atoms with Crippen LogP contribution in [0.5, 0.6) is 0 Å². The average Bonchev–Trinajstić information content (AvgIpc) is 3.79. The lowest BCUT2D eigenvalue weighted by atomic mass is 9.45. The molecule has 0 radical (unpaired) electrons. The molecule has 6 rings (SSSR count). The number of aryl methyl sites for hydroxylation is 1. The molecule has 2 N–H and O–H groups in total. The van der Waals surface area contributed by atoms with Gasteiger partial charge >= 0.3 is 47.8 Å². The first-order valence-corrected chi connectivity index (χ1v) is 19.5. The first kappa shape index (κ1) is 45.6. The highest BCUT2D eigenvalue weighted by Gasteiger charge is 2.92. The molecule has 62 heavy (non-hydrogen) atoms. The van der Waals surface area contributed by atoms with E-state index in [9.17, 15) is 48.6 Å². The number of carbonyl (C=O) groups excluding carboxylic acids is 8. The molecule has 12 atom stereocenters. The van der Waals surface area contributed by atoms with E-state index >= 15 is 0 Å². The van der Waals surface area contributed by atoms with E-state index in [-0.39, 0.29) is 23.2 Å². The van der Waals surface area contributed by atoms with E-state index < -0.39 is 138 Å². The maximum atomic E-state index is 14.4. The summed E-state index contributed by atoms with van der Waals surface area (Å²) in [5, 5.41) is 25.3.